The molecule has 6 rings (SSSR count). The number of methoxy groups -OCH3 is 2. The smallest absolute Gasteiger partial charge is 0.311 e. The summed E-state index contributed by atoms with van der Waals surface area (Å²) in [4.78, 5) is 18.7. The maximum Gasteiger partial charge on any atom is 0.311 e. The number of esters is 1. The Hall–Kier alpha value is -3.58. The van der Waals surface area contributed by atoms with Gasteiger partial charge in [0.05, 0.1) is 64.8 Å². The minimum absolute atomic E-state index is 0.0231. The van der Waals surface area contributed by atoms with Crippen molar-refractivity contribution < 1.29 is 62.8 Å². The van der Waals surface area contributed by atoms with Crippen LogP contribution in [0.4, 0.5) is 4.39 Å². The molecule has 0 bridgehead atoms. The van der Waals surface area contributed by atoms with E-state index in [1.165, 1.54) is 14.0 Å². The number of benzene rings is 1. The Morgan fingerprint density at radius 2 is 1.61 bits per heavy atom. The molecular formula is C58H97FN8O12. The monoisotopic (exact) mass is 1120 g/mol. The molecule has 79 heavy (non-hydrogen) atoms. The number of likely N-dealkylation sites (N-methyl/N-ethyl adjacent to an activating group) is 2. The Morgan fingerprint density at radius 3 is 2.24 bits per heavy atom. The van der Waals surface area contributed by atoms with Crippen molar-refractivity contribution in [1.29, 1.82) is 0 Å². The molecule has 3 aliphatic heterocycles. The van der Waals surface area contributed by atoms with E-state index in [9.17, 15) is 25.2 Å². The topological polar surface area (TPSA) is 230 Å². The zero-order valence-electron chi connectivity index (χ0n) is 50.1. The predicted octanol–water partition coefficient (Wildman–Crippen LogP) is 6.52. The van der Waals surface area contributed by atoms with Crippen LogP contribution in [0.25, 0.3) is 5.69 Å². The van der Waals surface area contributed by atoms with Gasteiger partial charge in [0, 0.05) is 76.7 Å². The summed E-state index contributed by atoms with van der Waals surface area (Å²) in [5.41, 5.74) is -1.17. The van der Waals surface area contributed by atoms with Crippen LogP contribution in [-0.2, 0) is 44.4 Å². The Balaban J connectivity index is 1.21. The molecule has 4 N–H and O–H groups in total. The van der Waals surface area contributed by atoms with Crippen molar-refractivity contribution >= 4 is 5.97 Å². The number of nitrogens with zero attached hydrogens (tertiary/aromatic N) is 8. The molecule has 21 heteroatoms. The highest BCUT2D eigenvalue weighted by Crippen LogP contribution is 2.41. The van der Waals surface area contributed by atoms with Gasteiger partial charge >= 0.3 is 5.97 Å². The van der Waals surface area contributed by atoms with Gasteiger partial charge in [-0.3, -0.25) is 4.79 Å². The predicted molar refractivity (Wildman–Crippen MR) is 295 cm³/mol. The molecule has 5 heterocycles. The van der Waals surface area contributed by atoms with Crippen LogP contribution in [0.5, 0.6) is 0 Å². The van der Waals surface area contributed by atoms with E-state index < -0.39 is 109 Å². The van der Waals surface area contributed by atoms with Crippen LogP contribution in [0.1, 0.15) is 163 Å². The van der Waals surface area contributed by atoms with Crippen LogP contribution >= 0.6 is 0 Å². The Labute approximate surface area is 468 Å². The van der Waals surface area contributed by atoms with Crippen LogP contribution in [0, 0.1) is 17.8 Å². The van der Waals surface area contributed by atoms with Gasteiger partial charge < -0.3 is 63.4 Å². The minimum Gasteiger partial charge on any atom is -0.459 e. The van der Waals surface area contributed by atoms with Crippen molar-refractivity contribution in [3.05, 3.63) is 53.6 Å². The number of carbonyl (C=O) groups is 1. The van der Waals surface area contributed by atoms with Crippen LogP contribution in [0.2, 0.25) is 0 Å². The van der Waals surface area contributed by atoms with Crippen LogP contribution in [-0.4, -0.2) is 198 Å². The van der Waals surface area contributed by atoms with E-state index in [0.29, 0.717) is 44.0 Å². The molecule has 3 aliphatic rings. The van der Waals surface area contributed by atoms with Crippen molar-refractivity contribution in [2.75, 3.05) is 48.1 Å². The first kappa shape index (κ1) is 64.6. The van der Waals surface area contributed by atoms with Gasteiger partial charge in [-0.1, -0.05) is 63.6 Å². The molecule has 3 saturated heterocycles. The van der Waals surface area contributed by atoms with Crippen LogP contribution in [0.15, 0.2) is 36.7 Å². The zero-order valence-corrected chi connectivity index (χ0v) is 50.1. The fraction of sp³-hybridized carbons (Fsp3) is 0.810. The average molecular weight is 1120 g/mol. The number of carbonyl (C=O) groups excluding carboxylic acids is 1. The van der Waals surface area contributed by atoms with E-state index in [0.717, 1.165) is 29.8 Å². The molecule has 3 aromatic rings. The second kappa shape index (κ2) is 27.7. The third-order valence-corrected chi connectivity index (χ3v) is 17.6. The molecule has 1 unspecified atom stereocenters. The molecule has 1 aromatic carbocycles. The Bertz CT molecular complexity index is 2340. The maximum atomic E-state index is 15.0. The van der Waals surface area contributed by atoms with Crippen molar-refractivity contribution in [3.63, 3.8) is 0 Å². The molecule has 0 saturated carbocycles. The van der Waals surface area contributed by atoms with Gasteiger partial charge in [0.1, 0.15) is 42.7 Å². The fourth-order valence-electron chi connectivity index (χ4n) is 12.5. The number of ether oxygens (including phenoxy) is 7. The summed E-state index contributed by atoms with van der Waals surface area (Å²) in [7, 11) is 6.98. The lowest BCUT2D eigenvalue weighted by Crippen LogP contribution is -2.59. The van der Waals surface area contributed by atoms with Gasteiger partial charge in [-0.25, -0.2) is 13.8 Å². The molecule has 448 valence electrons. The summed E-state index contributed by atoms with van der Waals surface area (Å²) < 4.78 is 63.0. The highest BCUT2D eigenvalue weighted by Gasteiger charge is 2.52. The molecule has 0 amide bonds. The van der Waals surface area contributed by atoms with E-state index in [2.05, 4.69) is 39.4 Å². The number of hydrogen-bond acceptors (Lipinski definition) is 18. The fourth-order valence-corrected chi connectivity index (χ4v) is 12.5. The summed E-state index contributed by atoms with van der Waals surface area (Å²) in [6, 6.07) is 6.32. The summed E-state index contributed by atoms with van der Waals surface area (Å²) in [5, 5.41) is 65.2. The number of aliphatic hydroxyl groups excluding tert-OH is 2. The zero-order chi connectivity index (χ0) is 58.3. The van der Waals surface area contributed by atoms with E-state index >= 15 is 4.39 Å². The molecule has 20 atom stereocenters. The number of cyclic esters (lactones) is 1. The average Bonchev–Trinajstić information content (AvgIpc) is 4.13. The Morgan fingerprint density at radius 1 is 0.911 bits per heavy atom. The van der Waals surface area contributed by atoms with Crippen molar-refractivity contribution in [3.8, 4) is 5.69 Å². The first-order chi connectivity index (χ1) is 37.2. The molecule has 0 aliphatic carbocycles. The van der Waals surface area contributed by atoms with E-state index in [4.69, 9.17) is 33.2 Å². The van der Waals surface area contributed by atoms with Crippen molar-refractivity contribution in [2.45, 2.75) is 237 Å². The number of hydrogen-bond donors (Lipinski definition) is 4. The highest BCUT2D eigenvalue weighted by molar-refractivity contribution is 5.73. The van der Waals surface area contributed by atoms with Crippen LogP contribution in [0.3, 0.4) is 0 Å². The summed E-state index contributed by atoms with van der Waals surface area (Å²) in [5.74, 6) is -2.27. The molecular weight excluding hydrogens is 1020 g/mol. The minimum atomic E-state index is -1.82. The number of halogens is 1. The third kappa shape index (κ3) is 15.4. The summed E-state index contributed by atoms with van der Waals surface area (Å²) in [6.07, 6.45) is -0.613. The van der Waals surface area contributed by atoms with E-state index in [-0.39, 0.29) is 37.3 Å². The van der Waals surface area contributed by atoms with Crippen molar-refractivity contribution in [1.82, 2.24) is 39.8 Å². The second-order valence-corrected chi connectivity index (χ2v) is 24.3. The molecule has 2 aromatic heterocycles. The third-order valence-electron chi connectivity index (χ3n) is 17.6. The number of alkyl halides is 1. The van der Waals surface area contributed by atoms with E-state index in [1.54, 1.807) is 57.3 Å². The van der Waals surface area contributed by atoms with E-state index in [1.807, 2.05) is 77.2 Å². The molecule has 20 nitrogen and oxygen atoms in total. The van der Waals surface area contributed by atoms with Gasteiger partial charge in [0.25, 0.3) is 0 Å². The largest absolute Gasteiger partial charge is 0.459 e. The lowest BCUT2D eigenvalue weighted by Gasteiger charge is -2.48. The lowest BCUT2D eigenvalue weighted by atomic mass is 9.77. The Kier molecular flexibility index (Phi) is 22.6. The van der Waals surface area contributed by atoms with Crippen molar-refractivity contribution in [2.24, 2.45) is 17.8 Å². The van der Waals surface area contributed by atoms with Gasteiger partial charge in [-0.05, 0) is 112 Å². The van der Waals surface area contributed by atoms with Gasteiger partial charge in [-0.2, -0.15) is 0 Å². The molecule has 3 fully saturated rings. The number of aliphatic hydroxyl groups is 4. The maximum absolute atomic E-state index is 15.0. The molecule has 0 spiro atoms. The standard InChI is InChI=1S/C58H97FN8O12/c1-17-19-35(4)45-33-66(63-61-45)43-22-20-41(21-23-43)51(73-15)46(30-59)67-32-42(60-62-67)24-25-64(13)44-26-36(5)75-48(27-44)79-54-37(6)50(78-49-29-57(11,74-16)53(69)40(9)76-49)38(7)55(70)77-47(18-2)58(12,72)52(68)39(8)65(14)31-34(3)28-56(54,10)71/h20-23,32-40,44,46-54,68-69,71-72H,17-19,24-31H2,1-16H3/t34-,35?,36-,37+,38-,39-,40+,44+,46-,47-,48+,49+,50+,51-,52-,53+,54-,56-,57-,58-/m1/s1. The second-order valence-electron chi connectivity index (χ2n) is 24.3. The van der Waals surface area contributed by atoms with Crippen LogP contribution < -0.4 is 0 Å². The highest BCUT2D eigenvalue weighted by atomic mass is 19.1. The summed E-state index contributed by atoms with van der Waals surface area (Å²) in [6.45, 7) is 22.5. The number of aromatic nitrogens is 6. The first-order valence-corrected chi connectivity index (χ1v) is 28.8. The van der Waals surface area contributed by atoms with Gasteiger partial charge in [-0.15, -0.1) is 10.2 Å². The van der Waals surface area contributed by atoms with Gasteiger partial charge in [0.2, 0.25) is 0 Å². The first-order valence-electron chi connectivity index (χ1n) is 28.8. The van der Waals surface area contributed by atoms with Gasteiger partial charge in [0.15, 0.2) is 12.6 Å². The molecule has 0 radical (unpaired) electrons. The summed E-state index contributed by atoms with van der Waals surface area (Å²) >= 11 is 0. The lowest BCUT2D eigenvalue weighted by molar-refractivity contribution is -0.308. The quantitative estimate of drug-likeness (QED) is 0.0937. The number of rotatable bonds is 19. The SMILES string of the molecule is CCCC(C)c1cn(-c2ccc([C@@H](OC)[C@@H](CF)n3cc(CCN(C)[C@@H]4C[C@H](O[C@@H]5[C@@H](C)[C@H](O[C@H]6C[C@@](C)(OC)[C@@H](O)[C@H](C)O6)[C@@H](C)C(=O)O[C@H](CC)[C@@](C)(O)[C@H](O)[C@@H](C)N(C)C[C@H](C)C[C@@]5(C)O)O[C@H](C)C4)nn3)cc2)nn1. The normalized spacial score (nSPS) is 37.0.